The number of ether oxygens (including phenoxy) is 1. The average molecular weight is 259 g/mol. The number of hydrogen-bond acceptors (Lipinski definition) is 3. The number of benzene rings is 1. The molecule has 1 aliphatic heterocycles. The maximum atomic E-state index is 12.0. The molecule has 0 spiro atoms. The summed E-state index contributed by atoms with van der Waals surface area (Å²) >= 11 is 0. The summed E-state index contributed by atoms with van der Waals surface area (Å²) in [5, 5.41) is 0. The van der Waals surface area contributed by atoms with Crippen molar-refractivity contribution in [2.24, 2.45) is 0 Å². The van der Waals surface area contributed by atoms with Crippen LogP contribution >= 0.6 is 0 Å². The second-order valence-electron chi connectivity index (χ2n) is 5.04. The van der Waals surface area contributed by atoms with Gasteiger partial charge in [-0.1, -0.05) is 42.0 Å². The average Bonchev–Trinajstić information content (AvgIpc) is 2.45. The summed E-state index contributed by atoms with van der Waals surface area (Å²) in [5.74, 6) is -0.140. The fraction of sp³-hybridized carbons (Fsp3) is 0.438. The third kappa shape index (κ3) is 3.67. The molecular formula is C16H21NO2. The minimum Gasteiger partial charge on any atom is -0.468 e. The molecule has 0 radical (unpaired) electrons. The summed E-state index contributed by atoms with van der Waals surface area (Å²) in [6, 6.07) is 9.93. The molecule has 2 rings (SSSR count). The van der Waals surface area contributed by atoms with Gasteiger partial charge in [0.15, 0.2) is 0 Å². The van der Waals surface area contributed by atoms with Crippen molar-refractivity contribution in [2.75, 3.05) is 20.2 Å². The van der Waals surface area contributed by atoms with E-state index in [1.165, 1.54) is 18.2 Å². The normalized spacial score (nSPS) is 17.7. The topological polar surface area (TPSA) is 29.5 Å². The van der Waals surface area contributed by atoms with Crippen LogP contribution in [0.5, 0.6) is 0 Å². The van der Waals surface area contributed by atoms with Crippen LogP contribution in [0.3, 0.4) is 0 Å². The SMILES string of the molecule is COC(=O)[C@H](Cc1ccccc1)N1CCC=C(C)C1. The highest BCUT2D eigenvalue weighted by atomic mass is 16.5. The standard InChI is InChI=1S/C16H21NO2/c1-13-7-6-10-17(12-13)15(16(18)19-2)11-14-8-4-3-5-9-14/h3-5,7-9,15H,6,10-12H2,1-2H3/t15-/m0/s1. The summed E-state index contributed by atoms with van der Waals surface area (Å²) in [6.07, 6.45) is 3.96. The second-order valence-corrected chi connectivity index (χ2v) is 5.04. The number of nitrogens with zero attached hydrogens (tertiary/aromatic N) is 1. The summed E-state index contributed by atoms with van der Waals surface area (Å²) in [4.78, 5) is 14.3. The minimum atomic E-state index is -0.184. The lowest BCUT2D eigenvalue weighted by atomic mass is 10.0. The van der Waals surface area contributed by atoms with E-state index in [2.05, 4.69) is 30.0 Å². The zero-order chi connectivity index (χ0) is 13.7. The van der Waals surface area contributed by atoms with Crippen molar-refractivity contribution in [2.45, 2.75) is 25.8 Å². The predicted octanol–water partition coefficient (Wildman–Crippen LogP) is 2.42. The Hall–Kier alpha value is -1.61. The van der Waals surface area contributed by atoms with E-state index in [0.29, 0.717) is 6.42 Å². The van der Waals surface area contributed by atoms with Crippen molar-refractivity contribution in [1.82, 2.24) is 4.90 Å². The van der Waals surface area contributed by atoms with E-state index < -0.39 is 0 Å². The van der Waals surface area contributed by atoms with Crippen LogP contribution in [0.1, 0.15) is 18.9 Å². The molecule has 1 aromatic carbocycles. The van der Waals surface area contributed by atoms with Gasteiger partial charge >= 0.3 is 5.97 Å². The molecule has 1 heterocycles. The van der Waals surface area contributed by atoms with Gasteiger partial charge in [0.1, 0.15) is 6.04 Å². The van der Waals surface area contributed by atoms with Crippen LogP contribution in [-0.4, -0.2) is 37.1 Å². The number of rotatable bonds is 4. The van der Waals surface area contributed by atoms with E-state index in [1.54, 1.807) is 0 Å². The lowest BCUT2D eigenvalue weighted by Crippen LogP contribution is -2.45. The molecule has 3 heteroatoms. The minimum absolute atomic E-state index is 0.140. The molecule has 102 valence electrons. The third-order valence-corrected chi connectivity index (χ3v) is 3.55. The molecular weight excluding hydrogens is 238 g/mol. The first kappa shape index (κ1) is 13.8. The molecule has 19 heavy (non-hydrogen) atoms. The van der Waals surface area contributed by atoms with Crippen molar-refractivity contribution >= 4 is 5.97 Å². The van der Waals surface area contributed by atoms with Gasteiger partial charge in [0.2, 0.25) is 0 Å². The highest BCUT2D eigenvalue weighted by molar-refractivity contribution is 5.76. The molecule has 0 fully saturated rings. The van der Waals surface area contributed by atoms with Crippen LogP contribution in [0, 0.1) is 0 Å². The molecule has 0 unspecified atom stereocenters. The van der Waals surface area contributed by atoms with Crippen LogP contribution in [-0.2, 0) is 16.0 Å². The lowest BCUT2D eigenvalue weighted by molar-refractivity contribution is -0.146. The molecule has 0 aromatic heterocycles. The third-order valence-electron chi connectivity index (χ3n) is 3.55. The predicted molar refractivity (Wildman–Crippen MR) is 75.9 cm³/mol. The Labute approximate surface area is 114 Å². The zero-order valence-corrected chi connectivity index (χ0v) is 11.6. The van der Waals surface area contributed by atoms with Gasteiger partial charge in [-0.05, 0) is 25.3 Å². The molecule has 0 N–H and O–H groups in total. The molecule has 3 nitrogen and oxygen atoms in total. The highest BCUT2D eigenvalue weighted by Gasteiger charge is 2.27. The Balaban J connectivity index is 2.12. The van der Waals surface area contributed by atoms with Crippen molar-refractivity contribution in [3.63, 3.8) is 0 Å². The fourth-order valence-electron chi connectivity index (χ4n) is 2.54. The first-order chi connectivity index (χ1) is 9.20. The maximum Gasteiger partial charge on any atom is 0.323 e. The van der Waals surface area contributed by atoms with Gasteiger partial charge in [-0.25, -0.2) is 0 Å². The summed E-state index contributed by atoms with van der Waals surface area (Å²) in [7, 11) is 1.47. The van der Waals surface area contributed by atoms with Gasteiger partial charge in [-0.15, -0.1) is 0 Å². The Morgan fingerprint density at radius 1 is 1.37 bits per heavy atom. The van der Waals surface area contributed by atoms with E-state index in [-0.39, 0.29) is 12.0 Å². The molecule has 1 aliphatic rings. The first-order valence-electron chi connectivity index (χ1n) is 6.72. The Kier molecular flexibility index (Phi) is 4.74. The molecule has 0 saturated heterocycles. The molecule has 0 bridgehead atoms. The number of carbonyl (C=O) groups excluding carboxylic acids is 1. The van der Waals surface area contributed by atoms with Gasteiger partial charge in [0, 0.05) is 13.1 Å². The van der Waals surface area contributed by atoms with Crippen LogP contribution in [0.25, 0.3) is 0 Å². The van der Waals surface area contributed by atoms with Gasteiger partial charge in [-0.3, -0.25) is 9.69 Å². The van der Waals surface area contributed by atoms with Gasteiger partial charge in [-0.2, -0.15) is 0 Å². The zero-order valence-electron chi connectivity index (χ0n) is 11.6. The fourth-order valence-corrected chi connectivity index (χ4v) is 2.54. The smallest absolute Gasteiger partial charge is 0.323 e. The van der Waals surface area contributed by atoms with E-state index in [9.17, 15) is 4.79 Å². The second kappa shape index (κ2) is 6.53. The highest BCUT2D eigenvalue weighted by Crippen LogP contribution is 2.16. The van der Waals surface area contributed by atoms with Crippen LogP contribution in [0.4, 0.5) is 0 Å². The lowest BCUT2D eigenvalue weighted by Gasteiger charge is -2.32. The van der Waals surface area contributed by atoms with Crippen LogP contribution in [0.2, 0.25) is 0 Å². The molecule has 1 atom stereocenters. The van der Waals surface area contributed by atoms with Crippen molar-refractivity contribution in [3.05, 3.63) is 47.5 Å². The quantitative estimate of drug-likeness (QED) is 0.614. The van der Waals surface area contributed by atoms with Crippen LogP contribution < -0.4 is 0 Å². The Morgan fingerprint density at radius 3 is 2.74 bits per heavy atom. The number of esters is 1. The molecule has 1 aromatic rings. The van der Waals surface area contributed by atoms with Gasteiger partial charge < -0.3 is 4.74 Å². The van der Waals surface area contributed by atoms with Crippen LogP contribution in [0.15, 0.2) is 42.0 Å². The van der Waals surface area contributed by atoms with E-state index in [1.807, 2.05) is 18.2 Å². The van der Waals surface area contributed by atoms with E-state index in [0.717, 1.165) is 19.5 Å². The largest absolute Gasteiger partial charge is 0.468 e. The van der Waals surface area contributed by atoms with Gasteiger partial charge in [0.05, 0.1) is 7.11 Å². The Morgan fingerprint density at radius 2 is 2.11 bits per heavy atom. The van der Waals surface area contributed by atoms with Crippen molar-refractivity contribution in [3.8, 4) is 0 Å². The summed E-state index contributed by atoms with van der Waals surface area (Å²) in [5.41, 5.74) is 2.50. The van der Waals surface area contributed by atoms with Crippen molar-refractivity contribution < 1.29 is 9.53 Å². The molecule has 0 aliphatic carbocycles. The molecule has 0 saturated carbocycles. The first-order valence-corrected chi connectivity index (χ1v) is 6.72. The van der Waals surface area contributed by atoms with Crippen molar-refractivity contribution in [1.29, 1.82) is 0 Å². The molecule has 0 amide bonds. The number of methoxy groups -OCH3 is 1. The van der Waals surface area contributed by atoms with E-state index >= 15 is 0 Å². The maximum absolute atomic E-state index is 12.0. The summed E-state index contributed by atoms with van der Waals surface area (Å²) < 4.78 is 4.97. The summed E-state index contributed by atoms with van der Waals surface area (Å²) in [6.45, 7) is 3.89. The Bertz CT molecular complexity index is 453. The van der Waals surface area contributed by atoms with Gasteiger partial charge in [0.25, 0.3) is 0 Å². The monoisotopic (exact) mass is 259 g/mol. The number of hydrogen-bond donors (Lipinski definition) is 0. The van der Waals surface area contributed by atoms with E-state index in [4.69, 9.17) is 4.74 Å². The number of carbonyl (C=O) groups is 1.